The van der Waals surface area contributed by atoms with E-state index in [1.807, 2.05) is 0 Å². The third-order valence-electron chi connectivity index (χ3n) is 1.41. The summed E-state index contributed by atoms with van der Waals surface area (Å²) < 4.78 is 5.42. The van der Waals surface area contributed by atoms with Crippen molar-refractivity contribution in [1.82, 2.24) is 0 Å². The molecule has 0 aromatic rings. The minimum absolute atomic E-state index is 0. The van der Waals surface area contributed by atoms with Crippen molar-refractivity contribution in [2.75, 3.05) is 6.61 Å². The van der Waals surface area contributed by atoms with Gasteiger partial charge in [0.2, 0.25) is 0 Å². The van der Waals surface area contributed by atoms with Gasteiger partial charge in [-0.15, -0.1) is 0 Å². The first kappa shape index (κ1) is 9.41. The van der Waals surface area contributed by atoms with Crippen molar-refractivity contribution in [2.45, 2.75) is 23.9 Å². The van der Waals surface area contributed by atoms with Crippen LogP contribution in [0.5, 0.6) is 0 Å². The van der Waals surface area contributed by atoms with Crippen LogP contribution in [-0.4, -0.2) is 48.4 Å². The van der Waals surface area contributed by atoms with Crippen LogP contribution in [0.3, 0.4) is 0 Å². The van der Waals surface area contributed by atoms with Gasteiger partial charge in [0.15, 0.2) is 0 Å². The fraction of sp³-hybridized carbons (Fsp3) is 1.00. The van der Waals surface area contributed by atoms with Crippen molar-refractivity contribution >= 4 is 41.8 Å². The number of hydrogen-bond acceptors (Lipinski definition) is 1. The van der Waals surface area contributed by atoms with Crippen LogP contribution in [0.4, 0.5) is 0 Å². The first-order valence-electron chi connectivity index (χ1n) is 3.01. The van der Waals surface area contributed by atoms with Gasteiger partial charge in [-0.1, -0.05) is 17.5 Å². The van der Waals surface area contributed by atoms with Crippen LogP contribution >= 0.6 is 0 Å². The fourth-order valence-electron chi connectivity index (χ4n) is 0.902. The molecule has 1 aliphatic heterocycles. The molecule has 1 heterocycles. The van der Waals surface area contributed by atoms with Crippen molar-refractivity contribution < 1.29 is 3.79 Å². The van der Waals surface area contributed by atoms with Crippen LogP contribution in [0.25, 0.3) is 0 Å². The Morgan fingerprint density at radius 2 is 2.12 bits per heavy atom. The van der Waals surface area contributed by atoms with Gasteiger partial charge in [-0.2, -0.15) is 0 Å². The number of hydrogen-bond donors (Lipinski definition) is 0. The van der Waals surface area contributed by atoms with Crippen LogP contribution in [0.15, 0.2) is 0 Å². The van der Waals surface area contributed by atoms with Crippen molar-refractivity contribution in [3.05, 3.63) is 0 Å². The second-order valence-electron chi connectivity index (χ2n) is 2.18. The van der Waals surface area contributed by atoms with E-state index < -0.39 is 14.5 Å². The average molecular weight is 323 g/mol. The molecule has 46 valence electrons. The van der Waals surface area contributed by atoms with Gasteiger partial charge in [0, 0.05) is 6.61 Å². The molecular formula is C5H13AlOPb. The average Bonchev–Trinajstić information content (AvgIpc) is 1.69. The molecule has 1 nitrogen and oxygen atoms in total. The Morgan fingerprint density at radius 3 is 2.38 bits per heavy atom. The van der Waals surface area contributed by atoms with E-state index in [1.165, 1.54) is 18.1 Å². The molecular weight excluding hydrogens is 310 g/mol. The van der Waals surface area contributed by atoms with Crippen LogP contribution in [0.2, 0.25) is 11.1 Å². The second kappa shape index (κ2) is 5.22. The molecule has 0 saturated carbocycles. The zero-order chi connectivity index (χ0) is 5.11. The number of rotatable bonds is 0. The molecule has 8 heavy (non-hydrogen) atoms. The van der Waals surface area contributed by atoms with Gasteiger partial charge in [0.05, 0.1) is 0 Å². The van der Waals surface area contributed by atoms with Crippen molar-refractivity contribution in [2.24, 2.45) is 0 Å². The summed E-state index contributed by atoms with van der Waals surface area (Å²) in [4.78, 5) is 0. The first-order valence-corrected chi connectivity index (χ1v) is 5.45. The monoisotopic (exact) mass is 324 g/mol. The molecule has 1 rings (SSSR count). The standard InChI is InChI=1S/C4H8O.CH3.Al.Pb.2H/c1-2-3-4-5;;;;;/h1-4H2;1H3;;;;/q-1;;+1;;;. The summed E-state index contributed by atoms with van der Waals surface area (Å²) in [5.41, 5.74) is 0. The minimum atomic E-state index is -0.595. The predicted octanol–water partition coefficient (Wildman–Crippen LogP) is 0.502. The van der Waals surface area contributed by atoms with Crippen molar-refractivity contribution in [3.63, 3.8) is 0 Å². The van der Waals surface area contributed by atoms with Crippen molar-refractivity contribution in [3.8, 4) is 0 Å². The quantitative estimate of drug-likeness (QED) is 0.590. The normalized spacial score (nSPS) is 19.9. The molecule has 0 aromatic heterocycles. The Kier molecular flexibility index (Phi) is 6.14. The maximum atomic E-state index is 5.42. The van der Waals surface area contributed by atoms with E-state index in [-0.39, 0.29) is 27.3 Å². The molecule has 1 aliphatic rings. The maximum absolute atomic E-state index is 5.42. The molecule has 0 aliphatic carbocycles. The molecule has 3 heteroatoms. The topological polar surface area (TPSA) is 9.23 Å². The molecule has 0 atom stereocenters. The van der Waals surface area contributed by atoms with Crippen molar-refractivity contribution in [1.29, 1.82) is 0 Å². The molecule has 0 amide bonds. The van der Waals surface area contributed by atoms with Gasteiger partial charge in [0.1, 0.15) is 0 Å². The summed E-state index contributed by atoms with van der Waals surface area (Å²) >= 11 is -0.595. The summed E-state index contributed by atoms with van der Waals surface area (Å²) in [5.74, 6) is 2.28. The Balaban J connectivity index is 0.000000490. The molecule has 0 unspecified atom stereocenters. The summed E-state index contributed by atoms with van der Waals surface area (Å²) in [5, 5.41) is 1.40. The van der Waals surface area contributed by atoms with E-state index in [4.69, 9.17) is 3.79 Å². The van der Waals surface area contributed by atoms with Gasteiger partial charge < -0.3 is 3.79 Å². The molecule has 2 radical (unpaired) electrons. The fourth-order valence-corrected chi connectivity index (χ4v) is 2.50. The van der Waals surface area contributed by atoms with Crippen LogP contribution in [0, 0.1) is 0 Å². The van der Waals surface area contributed by atoms with Crippen LogP contribution in [-0.2, 0) is 3.79 Å². The Morgan fingerprint density at radius 1 is 1.38 bits per heavy atom. The second-order valence-corrected chi connectivity index (χ2v) is 4.71. The third-order valence-corrected chi connectivity index (χ3v) is 3.43. The van der Waals surface area contributed by atoms with Gasteiger partial charge >= 0.3 is 41.8 Å². The van der Waals surface area contributed by atoms with E-state index in [1.54, 1.807) is 0 Å². The molecule has 0 spiro atoms. The van der Waals surface area contributed by atoms with Crippen LogP contribution in [0.1, 0.15) is 12.8 Å². The Hall–Kier alpha value is 1.41. The van der Waals surface area contributed by atoms with Gasteiger partial charge in [0.25, 0.3) is 0 Å². The van der Waals surface area contributed by atoms with E-state index in [0.717, 1.165) is 6.61 Å². The zero-order valence-electron chi connectivity index (χ0n) is 5.52. The van der Waals surface area contributed by atoms with E-state index >= 15 is 0 Å². The predicted molar refractivity (Wildman–Crippen MR) is 40.2 cm³/mol. The molecule has 0 N–H and O–H groups in total. The SMILES string of the molecule is [CH3][Al]1[CH2]CCC[O]1.[PbH2]. The summed E-state index contributed by atoms with van der Waals surface area (Å²) in [6, 6.07) is 0. The zero-order valence-corrected chi connectivity index (χ0v) is 12.2. The Bertz CT molecular complexity index is 54.4. The summed E-state index contributed by atoms with van der Waals surface area (Å²) in [6.07, 6.45) is 2.73. The molecule has 1 fully saturated rings. The van der Waals surface area contributed by atoms with Gasteiger partial charge in [-0.25, -0.2) is 0 Å². The molecule has 1 saturated heterocycles. The van der Waals surface area contributed by atoms with E-state index in [0.29, 0.717) is 0 Å². The summed E-state index contributed by atoms with van der Waals surface area (Å²) in [6.45, 7) is 1.05. The molecule has 0 aromatic carbocycles. The van der Waals surface area contributed by atoms with Crippen LogP contribution < -0.4 is 0 Å². The Labute approximate surface area is 75.7 Å². The van der Waals surface area contributed by atoms with E-state index in [9.17, 15) is 0 Å². The van der Waals surface area contributed by atoms with E-state index in [2.05, 4.69) is 5.79 Å². The molecule has 0 bridgehead atoms. The summed E-state index contributed by atoms with van der Waals surface area (Å²) in [7, 11) is 0. The van der Waals surface area contributed by atoms with Gasteiger partial charge in [-0.3, -0.25) is 0 Å². The third kappa shape index (κ3) is 3.44. The first-order chi connectivity index (χ1) is 3.39. The van der Waals surface area contributed by atoms with Gasteiger partial charge in [-0.05, 0) is 6.42 Å².